The third-order valence-electron chi connectivity index (χ3n) is 10.3. The SMILES string of the molecule is CCN1CCC(N2CCN(C3CCN(c4c(S(=O)(=O)c5ccc(OCC(C)(C)C)c(F)c5)cnc5ccc(OC)cc45)CC3)CC2)CC1. The van der Waals surface area contributed by atoms with Crippen LogP contribution in [0.3, 0.4) is 0 Å². The average Bonchev–Trinajstić information content (AvgIpc) is 3.10. The summed E-state index contributed by atoms with van der Waals surface area (Å²) in [5.74, 6) is -0.0421. The molecule has 3 saturated heterocycles. The van der Waals surface area contributed by atoms with E-state index in [0.717, 1.165) is 51.6 Å². The number of likely N-dealkylation sites (tertiary alicyclic amines) is 1. The van der Waals surface area contributed by atoms with Crippen LogP contribution in [0.4, 0.5) is 10.1 Å². The number of nitrogens with zero attached hydrogens (tertiary/aromatic N) is 5. The number of halogens is 1. The molecule has 9 nitrogen and oxygen atoms in total. The lowest BCUT2D eigenvalue weighted by atomic mass is 9.99. The molecule has 4 heterocycles. The standard InChI is InChI=1S/C37H52FN5O4S/c1-6-40-15-11-27(12-16-40)41-19-21-42(22-20-41)28-13-17-43(18-14-28)36-31-23-29(46-5)7-9-33(31)39-25-35(36)48(44,45)30-8-10-34(32(38)24-30)47-26-37(2,3)4/h7-10,23-25,27-28H,6,11-22,26H2,1-5H3. The number of pyridine rings is 1. The fourth-order valence-corrected chi connectivity index (χ4v) is 8.94. The summed E-state index contributed by atoms with van der Waals surface area (Å²) >= 11 is 0. The smallest absolute Gasteiger partial charge is 0.210 e. The third kappa shape index (κ3) is 7.59. The number of benzene rings is 2. The maximum Gasteiger partial charge on any atom is 0.210 e. The van der Waals surface area contributed by atoms with Crippen LogP contribution in [-0.2, 0) is 9.84 Å². The lowest BCUT2D eigenvalue weighted by Gasteiger charge is -2.46. The lowest BCUT2D eigenvalue weighted by molar-refractivity contribution is 0.0384. The van der Waals surface area contributed by atoms with Crippen molar-refractivity contribution in [3.8, 4) is 11.5 Å². The van der Waals surface area contributed by atoms with E-state index in [1.54, 1.807) is 7.11 Å². The van der Waals surface area contributed by atoms with Crippen molar-refractivity contribution in [1.29, 1.82) is 0 Å². The van der Waals surface area contributed by atoms with Gasteiger partial charge in [-0.1, -0.05) is 27.7 Å². The van der Waals surface area contributed by atoms with Crippen molar-refractivity contribution in [3.05, 3.63) is 48.4 Å². The van der Waals surface area contributed by atoms with Gasteiger partial charge in [0.2, 0.25) is 9.84 Å². The van der Waals surface area contributed by atoms with Gasteiger partial charge in [-0.15, -0.1) is 0 Å². The molecule has 3 aliphatic rings. The molecule has 48 heavy (non-hydrogen) atoms. The van der Waals surface area contributed by atoms with E-state index in [9.17, 15) is 8.42 Å². The Labute approximate surface area is 285 Å². The highest BCUT2D eigenvalue weighted by Crippen LogP contribution is 2.39. The molecule has 0 aliphatic carbocycles. The number of anilines is 1. The van der Waals surface area contributed by atoms with Crippen molar-refractivity contribution in [2.45, 2.75) is 75.3 Å². The van der Waals surface area contributed by atoms with E-state index >= 15 is 4.39 Å². The molecular weight excluding hydrogens is 630 g/mol. The number of ether oxygens (including phenoxy) is 2. The van der Waals surface area contributed by atoms with Gasteiger partial charge in [0, 0.05) is 62.9 Å². The maximum absolute atomic E-state index is 15.2. The van der Waals surface area contributed by atoms with Crippen molar-refractivity contribution < 1.29 is 22.3 Å². The number of piperazine rings is 1. The van der Waals surface area contributed by atoms with Crippen LogP contribution in [0.5, 0.6) is 11.5 Å². The van der Waals surface area contributed by atoms with E-state index in [-0.39, 0.29) is 21.0 Å². The summed E-state index contributed by atoms with van der Waals surface area (Å²) in [6.07, 6.45) is 5.85. The summed E-state index contributed by atoms with van der Waals surface area (Å²) < 4.78 is 54.9. The molecule has 0 bridgehead atoms. The van der Waals surface area contributed by atoms with Gasteiger partial charge in [-0.3, -0.25) is 14.8 Å². The molecule has 0 amide bonds. The summed E-state index contributed by atoms with van der Waals surface area (Å²) in [5.41, 5.74) is 1.12. The number of fused-ring (bicyclic) bond motifs is 1. The zero-order valence-electron chi connectivity index (χ0n) is 29.3. The zero-order valence-corrected chi connectivity index (χ0v) is 30.1. The van der Waals surface area contributed by atoms with Crippen molar-refractivity contribution in [2.24, 2.45) is 5.41 Å². The van der Waals surface area contributed by atoms with E-state index in [0.29, 0.717) is 54.1 Å². The highest BCUT2D eigenvalue weighted by molar-refractivity contribution is 7.91. The number of piperidine rings is 2. The first kappa shape index (κ1) is 34.9. The van der Waals surface area contributed by atoms with Crippen molar-refractivity contribution in [3.63, 3.8) is 0 Å². The largest absolute Gasteiger partial charge is 0.497 e. The van der Waals surface area contributed by atoms with Crippen LogP contribution in [0.25, 0.3) is 10.9 Å². The predicted octanol–water partition coefficient (Wildman–Crippen LogP) is 5.71. The van der Waals surface area contributed by atoms with Gasteiger partial charge in [0.1, 0.15) is 10.6 Å². The number of aromatic nitrogens is 1. The molecule has 0 unspecified atom stereocenters. The Kier molecular flexibility index (Phi) is 10.5. The van der Waals surface area contributed by atoms with E-state index in [1.165, 1.54) is 44.3 Å². The molecule has 11 heteroatoms. The average molecular weight is 682 g/mol. The van der Waals surface area contributed by atoms with Gasteiger partial charge in [0.25, 0.3) is 0 Å². The van der Waals surface area contributed by atoms with Crippen LogP contribution in [0, 0.1) is 11.2 Å². The van der Waals surface area contributed by atoms with Crippen LogP contribution in [-0.4, -0.2) is 113 Å². The van der Waals surface area contributed by atoms with Crippen molar-refractivity contribution in [1.82, 2.24) is 19.7 Å². The normalized spacial score (nSPS) is 20.0. The molecule has 3 aliphatic heterocycles. The fraction of sp³-hybridized carbons (Fsp3) is 0.595. The van der Waals surface area contributed by atoms with E-state index < -0.39 is 15.7 Å². The van der Waals surface area contributed by atoms with Crippen LogP contribution in [0.1, 0.15) is 53.4 Å². The van der Waals surface area contributed by atoms with Crippen LogP contribution < -0.4 is 14.4 Å². The molecule has 1 aromatic heterocycles. The molecular formula is C37H52FN5O4S. The van der Waals surface area contributed by atoms with Gasteiger partial charge in [-0.2, -0.15) is 0 Å². The van der Waals surface area contributed by atoms with Crippen molar-refractivity contribution >= 4 is 26.4 Å². The second-order valence-electron chi connectivity index (χ2n) is 14.8. The van der Waals surface area contributed by atoms with E-state index in [4.69, 9.17) is 9.47 Å². The summed E-state index contributed by atoms with van der Waals surface area (Å²) in [6, 6.07) is 10.6. The van der Waals surface area contributed by atoms with Gasteiger partial charge in [-0.25, -0.2) is 12.8 Å². The molecule has 6 rings (SSSR count). The first-order valence-electron chi connectivity index (χ1n) is 17.6. The Hall–Kier alpha value is -2.99. The monoisotopic (exact) mass is 681 g/mol. The number of hydrogen-bond acceptors (Lipinski definition) is 9. The Bertz CT molecular complexity index is 1670. The van der Waals surface area contributed by atoms with Gasteiger partial charge in [0.15, 0.2) is 11.6 Å². The zero-order chi connectivity index (χ0) is 34.1. The highest BCUT2D eigenvalue weighted by atomic mass is 32.2. The first-order valence-corrected chi connectivity index (χ1v) is 19.0. The van der Waals surface area contributed by atoms with Gasteiger partial charge in [-0.05, 0) is 87.1 Å². The Morgan fingerprint density at radius 2 is 1.50 bits per heavy atom. The second kappa shape index (κ2) is 14.5. The minimum absolute atomic E-state index is 0.0373. The predicted molar refractivity (Wildman–Crippen MR) is 189 cm³/mol. The minimum atomic E-state index is -4.13. The van der Waals surface area contributed by atoms with E-state index in [2.05, 4.69) is 31.5 Å². The quantitative estimate of drug-likeness (QED) is 0.282. The number of sulfone groups is 1. The summed E-state index contributed by atoms with van der Waals surface area (Å²) in [4.78, 5) is 14.6. The Balaban J connectivity index is 1.21. The molecule has 0 spiro atoms. The molecule has 262 valence electrons. The maximum atomic E-state index is 15.2. The molecule has 0 atom stereocenters. The molecule has 3 fully saturated rings. The minimum Gasteiger partial charge on any atom is -0.497 e. The van der Waals surface area contributed by atoms with Gasteiger partial charge >= 0.3 is 0 Å². The van der Waals surface area contributed by atoms with E-state index in [1.807, 2.05) is 39.0 Å². The van der Waals surface area contributed by atoms with Gasteiger partial charge in [0.05, 0.1) is 29.8 Å². The highest BCUT2D eigenvalue weighted by Gasteiger charge is 2.34. The van der Waals surface area contributed by atoms with Crippen molar-refractivity contribution in [2.75, 3.05) is 77.5 Å². The molecule has 0 radical (unpaired) electrons. The molecule has 0 saturated carbocycles. The molecule has 3 aromatic rings. The summed E-state index contributed by atoms with van der Waals surface area (Å²) in [6.45, 7) is 17.9. The summed E-state index contributed by atoms with van der Waals surface area (Å²) in [7, 11) is -2.53. The first-order chi connectivity index (χ1) is 23.0. The van der Waals surface area contributed by atoms with Gasteiger partial charge < -0.3 is 19.3 Å². The van der Waals surface area contributed by atoms with Crippen LogP contribution in [0.15, 0.2) is 52.4 Å². The molecule has 2 aromatic carbocycles. The Morgan fingerprint density at radius 3 is 2.06 bits per heavy atom. The topological polar surface area (TPSA) is 78.5 Å². The third-order valence-corrected chi connectivity index (χ3v) is 12.1. The number of methoxy groups -OCH3 is 1. The lowest BCUT2D eigenvalue weighted by Crippen LogP contribution is -2.56. The number of rotatable bonds is 9. The fourth-order valence-electron chi connectivity index (χ4n) is 7.50. The number of hydrogen-bond donors (Lipinski definition) is 0. The molecule has 0 N–H and O–H groups in total. The second-order valence-corrected chi connectivity index (χ2v) is 16.7. The summed E-state index contributed by atoms with van der Waals surface area (Å²) in [5, 5.41) is 0.710. The van der Waals surface area contributed by atoms with Crippen LogP contribution >= 0.6 is 0 Å². The van der Waals surface area contributed by atoms with Crippen LogP contribution in [0.2, 0.25) is 0 Å². The Morgan fingerprint density at radius 1 is 0.875 bits per heavy atom.